The largest absolute Gasteiger partial charge is 0.472 e. The first-order chi connectivity index (χ1) is 25.6. The monoisotopic (exact) mass is 812 g/mol. The number of ether oxygens (including phenoxy) is 2. The number of aliphatic hydroxyl groups excluding tert-OH is 1. The van der Waals surface area contributed by atoms with E-state index in [-0.39, 0.29) is 18.6 Å². The number of esters is 2. The van der Waals surface area contributed by atoms with E-state index in [9.17, 15) is 33.5 Å². The minimum absolute atomic E-state index is 0.0868. The van der Waals surface area contributed by atoms with Crippen LogP contribution in [0.3, 0.4) is 0 Å². The Kier molecular flexibility index (Phi) is 32.3. The summed E-state index contributed by atoms with van der Waals surface area (Å²) >= 11 is 0. The van der Waals surface area contributed by atoms with Gasteiger partial charge < -0.3 is 29.3 Å². The number of phosphoric acid groups is 2. The van der Waals surface area contributed by atoms with Gasteiger partial charge in [0.2, 0.25) is 0 Å². The van der Waals surface area contributed by atoms with Gasteiger partial charge in [-0.25, -0.2) is 9.13 Å². The Bertz CT molecular complexity index is 1140. The molecule has 3 atom stereocenters. The molecule has 0 aliphatic carbocycles. The van der Waals surface area contributed by atoms with Crippen molar-refractivity contribution < 1.29 is 66.3 Å². The maximum Gasteiger partial charge on any atom is 0.472 e. The summed E-state index contributed by atoms with van der Waals surface area (Å²) in [6.07, 6.45) is 23.1. The summed E-state index contributed by atoms with van der Waals surface area (Å²) in [5.41, 5.74) is 0. The average Bonchev–Trinajstić information content (AvgIpc) is 3.10. The standard InChI is InChI=1S/C38H70O14P2/c1-4-5-6-7-10-15-20-25-34(39)26-21-16-13-18-22-27-37(41)48-31-36(32-51-54(46,47)50-30-35(40)29-49-53(43,44)45)52-38(42)28-23-17-12-9-8-11-14-19-24-33(2)3/h10,15,20,25,33,35-36,40H,4-9,11-14,16-19,21-24,26-32H2,1-3H3,(H,46,47)(H2,43,44,45)/b15-10-,25-20+/t35-,36+/m0/s1. The van der Waals surface area contributed by atoms with E-state index in [1.54, 1.807) is 12.2 Å². The smallest absolute Gasteiger partial charge is 0.462 e. The van der Waals surface area contributed by atoms with Gasteiger partial charge in [-0.15, -0.1) is 0 Å². The van der Waals surface area contributed by atoms with Gasteiger partial charge in [-0.1, -0.05) is 122 Å². The first-order valence-electron chi connectivity index (χ1n) is 19.8. The number of unbranched alkanes of at least 4 members (excludes halogenated alkanes) is 14. The van der Waals surface area contributed by atoms with Crippen molar-refractivity contribution in [2.24, 2.45) is 5.92 Å². The molecule has 0 saturated carbocycles. The zero-order valence-corrected chi connectivity index (χ0v) is 34.8. The summed E-state index contributed by atoms with van der Waals surface area (Å²) in [5, 5.41) is 9.71. The highest BCUT2D eigenvalue weighted by Crippen LogP contribution is 2.43. The SMILES string of the molecule is CCCCC/C=C\C=C\C(=O)CCCCCCCC(=O)OC[C@H](COP(=O)(O)OC[C@@H](O)COP(=O)(O)O)OC(=O)CCCCCCCCCCC(C)C. The van der Waals surface area contributed by atoms with Crippen molar-refractivity contribution >= 4 is 33.4 Å². The summed E-state index contributed by atoms with van der Waals surface area (Å²) in [6, 6.07) is 0. The van der Waals surface area contributed by atoms with E-state index in [2.05, 4.69) is 35.9 Å². The van der Waals surface area contributed by atoms with Crippen molar-refractivity contribution in [1.82, 2.24) is 0 Å². The number of carbonyl (C=O) groups is 3. The van der Waals surface area contributed by atoms with E-state index >= 15 is 0 Å². The predicted molar refractivity (Wildman–Crippen MR) is 207 cm³/mol. The van der Waals surface area contributed by atoms with Gasteiger partial charge in [-0.05, 0) is 44.1 Å². The third-order valence-electron chi connectivity index (χ3n) is 8.24. The molecule has 0 bridgehead atoms. The molecular weight excluding hydrogens is 742 g/mol. The van der Waals surface area contributed by atoms with Crippen LogP contribution in [-0.4, -0.2) is 76.1 Å². The fourth-order valence-electron chi connectivity index (χ4n) is 5.16. The second-order valence-corrected chi connectivity index (χ2v) is 16.8. The fraction of sp³-hybridized carbons (Fsp3) is 0.816. The summed E-state index contributed by atoms with van der Waals surface area (Å²) in [4.78, 5) is 64.5. The van der Waals surface area contributed by atoms with Gasteiger partial charge in [0.15, 0.2) is 11.9 Å². The number of allylic oxidation sites excluding steroid dienone is 4. The first kappa shape index (κ1) is 52.3. The van der Waals surface area contributed by atoms with Crippen molar-refractivity contribution in [3.63, 3.8) is 0 Å². The highest BCUT2D eigenvalue weighted by molar-refractivity contribution is 7.47. The maximum absolute atomic E-state index is 12.6. The number of phosphoric ester groups is 2. The molecule has 0 heterocycles. The van der Waals surface area contributed by atoms with E-state index < -0.39 is 66.2 Å². The molecule has 0 aliphatic heterocycles. The molecule has 0 radical (unpaired) electrons. The third-order valence-corrected chi connectivity index (χ3v) is 9.67. The van der Waals surface area contributed by atoms with Crippen LogP contribution in [0, 0.1) is 5.92 Å². The average molecular weight is 813 g/mol. The van der Waals surface area contributed by atoms with E-state index in [1.807, 2.05) is 6.08 Å². The fourth-order valence-corrected chi connectivity index (χ4v) is 6.32. The van der Waals surface area contributed by atoms with Crippen LogP contribution >= 0.6 is 15.6 Å². The highest BCUT2D eigenvalue weighted by atomic mass is 31.2. The molecular formula is C38H70O14P2. The number of hydrogen-bond acceptors (Lipinski definition) is 11. The van der Waals surface area contributed by atoms with Crippen molar-refractivity contribution in [3.05, 3.63) is 24.3 Å². The van der Waals surface area contributed by atoms with Gasteiger partial charge in [-0.3, -0.25) is 28.0 Å². The van der Waals surface area contributed by atoms with Crippen LogP contribution in [0.5, 0.6) is 0 Å². The Morgan fingerprint density at radius 1 is 0.630 bits per heavy atom. The number of carbonyl (C=O) groups excluding carboxylic acids is 3. The van der Waals surface area contributed by atoms with Gasteiger partial charge in [0.05, 0.1) is 19.8 Å². The number of hydrogen-bond donors (Lipinski definition) is 4. The molecule has 0 aromatic rings. The van der Waals surface area contributed by atoms with Crippen LogP contribution in [0.4, 0.5) is 0 Å². The van der Waals surface area contributed by atoms with E-state index in [0.29, 0.717) is 19.3 Å². The summed E-state index contributed by atoms with van der Waals surface area (Å²) in [6.45, 7) is 3.81. The van der Waals surface area contributed by atoms with Crippen molar-refractivity contribution in [3.8, 4) is 0 Å². The molecule has 0 aromatic heterocycles. The Hall–Kier alpha value is -1.73. The van der Waals surface area contributed by atoms with Crippen LogP contribution in [0.2, 0.25) is 0 Å². The molecule has 0 amide bonds. The third kappa shape index (κ3) is 37.2. The molecule has 0 aliphatic rings. The Balaban J connectivity index is 4.63. The zero-order chi connectivity index (χ0) is 40.5. The summed E-state index contributed by atoms with van der Waals surface area (Å²) < 4.78 is 47.5. The number of aliphatic hydroxyl groups is 1. The van der Waals surface area contributed by atoms with Crippen molar-refractivity contribution in [2.75, 3.05) is 26.4 Å². The second kappa shape index (κ2) is 33.4. The maximum atomic E-state index is 12.6. The lowest BCUT2D eigenvalue weighted by atomic mass is 10.0. The molecule has 0 spiro atoms. The van der Waals surface area contributed by atoms with Gasteiger partial charge in [0, 0.05) is 19.3 Å². The molecule has 1 unspecified atom stereocenters. The van der Waals surface area contributed by atoms with Gasteiger partial charge in [-0.2, -0.15) is 0 Å². The van der Waals surface area contributed by atoms with Crippen LogP contribution in [0.15, 0.2) is 24.3 Å². The molecule has 0 saturated heterocycles. The van der Waals surface area contributed by atoms with Gasteiger partial charge >= 0.3 is 27.6 Å². The second-order valence-electron chi connectivity index (χ2n) is 14.1. The number of ketones is 1. The summed E-state index contributed by atoms with van der Waals surface area (Å²) in [5.74, 6) is -0.311. The highest BCUT2D eigenvalue weighted by Gasteiger charge is 2.28. The lowest BCUT2D eigenvalue weighted by Crippen LogP contribution is -2.30. The molecule has 0 fully saturated rings. The molecule has 316 valence electrons. The Labute approximate surface area is 323 Å². The topological polar surface area (TPSA) is 212 Å². The molecule has 4 N–H and O–H groups in total. The Morgan fingerprint density at radius 2 is 1.17 bits per heavy atom. The van der Waals surface area contributed by atoms with Crippen molar-refractivity contribution in [2.45, 2.75) is 168 Å². The molecule has 54 heavy (non-hydrogen) atoms. The predicted octanol–water partition coefficient (Wildman–Crippen LogP) is 8.59. The van der Waals surface area contributed by atoms with Gasteiger partial charge in [0.25, 0.3) is 0 Å². The van der Waals surface area contributed by atoms with Gasteiger partial charge in [0.1, 0.15) is 12.7 Å². The van der Waals surface area contributed by atoms with E-state index in [4.69, 9.17) is 23.8 Å². The number of rotatable bonds is 37. The molecule has 14 nitrogen and oxygen atoms in total. The lowest BCUT2D eigenvalue weighted by molar-refractivity contribution is -0.161. The molecule has 0 rings (SSSR count). The van der Waals surface area contributed by atoms with E-state index in [0.717, 1.165) is 70.1 Å². The summed E-state index contributed by atoms with van der Waals surface area (Å²) in [7, 11) is -9.69. The minimum Gasteiger partial charge on any atom is -0.462 e. The van der Waals surface area contributed by atoms with Crippen LogP contribution in [0.1, 0.15) is 156 Å². The minimum atomic E-state index is -4.87. The van der Waals surface area contributed by atoms with Crippen LogP contribution in [-0.2, 0) is 46.6 Å². The van der Waals surface area contributed by atoms with Crippen LogP contribution < -0.4 is 0 Å². The first-order valence-corrected chi connectivity index (χ1v) is 22.9. The lowest BCUT2D eigenvalue weighted by Gasteiger charge is -2.20. The Morgan fingerprint density at radius 3 is 1.76 bits per heavy atom. The molecule has 16 heteroatoms. The molecule has 0 aromatic carbocycles. The normalized spacial score (nSPS) is 14.4. The quantitative estimate of drug-likeness (QED) is 0.0152. The van der Waals surface area contributed by atoms with E-state index in [1.165, 1.54) is 38.5 Å². The van der Waals surface area contributed by atoms with Crippen LogP contribution in [0.25, 0.3) is 0 Å². The zero-order valence-electron chi connectivity index (χ0n) is 33.0. The van der Waals surface area contributed by atoms with Crippen molar-refractivity contribution in [1.29, 1.82) is 0 Å².